The van der Waals surface area contributed by atoms with E-state index >= 15 is 0 Å². The lowest BCUT2D eigenvalue weighted by Gasteiger charge is -2.36. The largest absolute Gasteiger partial charge is 0.483 e. The monoisotopic (exact) mass is 711 g/mol. The van der Waals surface area contributed by atoms with Crippen LogP contribution < -0.4 is 19.7 Å². The van der Waals surface area contributed by atoms with Gasteiger partial charge < -0.3 is 20.5 Å². The second kappa shape index (κ2) is 12.9. The third-order valence-corrected chi connectivity index (χ3v) is 9.91. The second-order valence-corrected chi connectivity index (χ2v) is 13.7. The van der Waals surface area contributed by atoms with E-state index in [1.54, 1.807) is 6.07 Å². The first kappa shape index (κ1) is 34.9. The third kappa shape index (κ3) is 7.51. The van der Waals surface area contributed by atoms with E-state index in [0.717, 1.165) is 10.4 Å². The minimum atomic E-state index is -4.83. The van der Waals surface area contributed by atoms with Crippen LogP contribution in [0.2, 0.25) is 5.02 Å². The van der Waals surface area contributed by atoms with Crippen molar-refractivity contribution in [1.82, 2.24) is 10.6 Å². The number of alkyl halides is 5. The highest BCUT2D eigenvalue weighted by molar-refractivity contribution is 7.92. The number of fused-ring (bicyclic) bond motifs is 1. The standard InChI is InChI=1S/C32H27ClF5N3O6S/c1-2-19-4-3-5-22(12-19)48(45,46)41-17-30(10-11-30)47-27-9-6-20(13-26(27)41)29(44)40-25(15-28(43)39-16-31(34,35)18-42)23-14-21(32(36,37)38)7-8-24(23)33/h1,3-9,12-14,25,42H,10-11,15-18H2,(H,39,43)(H,40,44)/t25-/m0/s1. The number of rotatable bonds is 10. The molecule has 1 fully saturated rings. The van der Waals surface area contributed by atoms with E-state index in [9.17, 15) is 40.0 Å². The number of anilines is 1. The van der Waals surface area contributed by atoms with Gasteiger partial charge in [0.25, 0.3) is 21.9 Å². The van der Waals surface area contributed by atoms with Gasteiger partial charge in [-0.15, -0.1) is 6.42 Å². The van der Waals surface area contributed by atoms with Crippen molar-refractivity contribution in [3.63, 3.8) is 0 Å². The van der Waals surface area contributed by atoms with E-state index in [1.807, 2.05) is 5.32 Å². The Labute approximate surface area is 277 Å². The topological polar surface area (TPSA) is 125 Å². The van der Waals surface area contributed by atoms with Crippen molar-refractivity contribution in [3.8, 4) is 18.1 Å². The summed E-state index contributed by atoms with van der Waals surface area (Å²) < 4.78 is 103. The maximum absolute atomic E-state index is 13.9. The van der Waals surface area contributed by atoms with Crippen LogP contribution in [0.4, 0.5) is 27.6 Å². The van der Waals surface area contributed by atoms with Crippen LogP contribution in [0.3, 0.4) is 0 Å². The van der Waals surface area contributed by atoms with E-state index in [-0.39, 0.29) is 39.0 Å². The number of carbonyl (C=O) groups is 2. The molecule has 0 aromatic heterocycles. The maximum atomic E-state index is 13.9. The first-order valence-electron chi connectivity index (χ1n) is 14.3. The highest BCUT2D eigenvalue weighted by Gasteiger charge is 2.52. The summed E-state index contributed by atoms with van der Waals surface area (Å²) in [4.78, 5) is 26.2. The molecule has 0 bridgehead atoms. The van der Waals surface area contributed by atoms with Gasteiger partial charge in [0.1, 0.15) is 18.0 Å². The van der Waals surface area contributed by atoms with Gasteiger partial charge in [-0.25, -0.2) is 17.2 Å². The number of aliphatic hydroxyl groups is 1. The molecule has 2 aliphatic rings. The third-order valence-electron chi connectivity index (χ3n) is 7.81. The predicted octanol–water partition coefficient (Wildman–Crippen LogP) is 5.07. The fourth-order valence-corrected chi connectivity index (χ4v) is 6.89. The summed E-state index contributed by atoms with van der Waals surface area (Å²) in [7, 11) is -4.24. The van der Waals surface area contributed by atoms with Crippen LogP contribution in [-0.2, 0) is 21.0 Å². The quantitative estimate of drug-likeness (QED) is 0.200. The molecule has 1 atom stereocenters. The van der Waals surface area contributed by atoms with Crippen molar-refractivity contribution >= 4 is 39.1 Å². The minimum Gasteiger partial charge on any atom is -0.483 e. The Balaban J connectivity index is 1.49. The number of aliphatic hydroxyl groups excluding tert-OH is 1. The number of terminal acetylenes is 1. The number of ether oxygens (including phenoxy) is 1. The van der Waals surface area contributed by atoms with E-state index in [4.69, 9.17) is 27.9 Å². The molecule has 2 amide bonds. The van der Waals surface area contributed by atoms with Crippen LogP contribution in [0.25, 0.3) is 0 Å². The molecule has 3 aromatic carbocycles. The molecular formula is C32H27ClF5N3O6S. The molecule has 1 saturated carbocycles. The molecule has 0 unspecified atom stereocenters. The first-order valence-corrected chi connectivity index (χ1v) is 16.1. The lowest BCUT2D eigenvalue weighted by Crippen LogP contribution is -2.45. The smallest absolute Gasteiger partial charge is 0.416 e. The average Bonchev–Trinajstić information content (AvgIpc) is 3.80. The van der Waals surface area contributed by atoms with Gasteiger partial charge in [-0.3, -0.25) is 13.9 Å². The zero-order valence-corrected chi connectivity index (χ0v) is 26.4. The predicted molar refractivity (Wildman–Crippen MR) is 164 cm³/mol. The van der Waals surface area contributed by atoms with Crippen LogP contribution in [-0.4, -0.2) is 56.6 Å². The summed E-state index contributed by atoms with van der Waals surface area (Å²) in [5, 5.41) is 12.8. The zero-order valence-electron chi connectivity index (χ0n) is 24.8. The Morgan fingerprint density at radius 3 is 2.46 bits per heavy atom. The number of halogens is 6. The molecule has 1 aliphatic carbocycles. The number of benzene rings is 3. The number of amides is 2. The van der Waals surface area contributed by atoms with Crippen molar-refractivity contribution in [2.75, 3.05) is 24.0 Å². The molecular weight excluding hydrogens is 685 g/mol. The molecule has 0 saturated heterocycles. The molecule has 9 nitrogen and oxygen atoms in total. The fourth-order valence-electron chi connectivity index (χ4n) is 5.05. The van der Waals surface area contributed by atoms with Crippen molar-refractivity contribution < 1.29 is 49.8 Å². The lowest BCUT2D eigenvalue weighted by atomic mass is 9.99. The van der Waals surface area contributed by atoms with Gasteiger partial charge >= 0.3 is 6.18 Å². The number of hydrogen-bond donors (Lipinski definition) is 3. The summed E-state index contributed by atoms with van der Waals surface area (Å²) in [6.45, 7) is -2.92. The van der Waals surface area contributed by atoms with Gasteiger partial charge in [-0.1, -0.05) is 23.6 Å². The normalized spacial score (nSPS) is 15.9. The van der Waals surface area contributed by atoms with Gasteiger partial charge in [0.2, 0.25) is 5.91 Å². The van der Waals surface area contributed by atoms with Crippen LogP contribution >= 0.6 is 11.6 Å². The molecule has 1 aliphatic heterocycles. The molecule has 3 N–H and O–H groups in total. The zero-order chi connectivity index (χ0) is 35.1. The van der Waals surface area contributed by atoms with Gasteiger partial charge in [0, 0.05) is 16.1 Å². The summed E-state index contributed by atoms with van der Waals surface area (Å²) >= 11 is 6.20. The maximum Gasteiger partial charge on any atom is 0.416 e. The second-order valence-electron chi connectivity index (χ2n) is 11.4. The van der Waals surface area contributed by atoms with Crippen LogP contribution in [0.1, 0.15) is 52.4 Å². The van der Waals surface area contributed by atoms with E-state index in [0.29, 0.717) is 30.5 Å². The molecule has 254 valence electrons. The van der Waals surface area contributed by atoms with Crippen molar-refractivity contribution in [2.24, 2.45) is 0 Å². The van der Waals surface area contributed by atoms with Crippen molar-refractivity contribution in [1.29, 1.82) is 0 Å². The number of nitrogens with one attached hydrogen (secondary N) is 2. The molecule has 0 radical (unpaired) electrons. The summed E-state index contributed by atoms with van der Waals surface area (Å²) in [6.07, 6.45) is 0.971. The van der Waals surface area contributed by atoms with Gasteiger partial charge in [-0.05, 0) is 73.0 Å². The molecule has 16 heteroatoms. The van der Waals surface area contributed by atoms with E-state index in [1.165, 1.54) is 36.4 Å². The lowest BCUT2D eigenvalue weighted by molar-refractivity contribution is -0.137. The Kier molecular flexibility index (Phi) is 9.39. The van der Waals surface area contributed by atoms with Gasteiger partial charge in [0.15, 0.2) is 0 Å². The highest BCUT2D eigenvalue weighted by atomic mass is 35.5. The minimum absolute atomic E-state index is 0.00362. The Morgan fingerprint density at radius 2 is 1.81 bits per heavy atom. The first-order chi connectivity index (χ1) is 22.5. The van der Waals surface area contributed by atoms with Crippen LogP contribution in [0.5, 0.6) is 5.75 Å². The van der Waals surface area contributed by atoms with Crippen LogP contribution in [0.15, 0.2) is 65.6 Å². The summed E-state index contributed by atoms with van der Waals surface area (Å²) in [5.74, 6) is -3.19. The summed E-state index contributed by atoms with van der Waals surface area (Å²) in [6, 6.07) is 10.3. The highest BCUT2D eigenvalue weighted by Crippen LogP contribution is 2.50. The number of hydrogen-bond acceptors (Lipinski definition) is 6. The SMILES string of the molecule is C#Cc1cccc(S(=O)(=O)N2CC3(CC3)Oc3ccc(C(=O)N[C@@H](CC(=O)NCC(F)(F)CO)c4cc(C(F)(F)F)ccc4Cl)cc32)c1. The average molecular weight is 712 g/mol. The number of nitrogens with zero attached hydrogens (tertiary/aromatic N) is 1. The summed E-state index contributed by atoms with van der Waals surface area (Å²) in [5.41, 5.74) is -2.09. The van der Waals surface area contributed by atoms with Crippen LogP contribution in [0, 0.1) is 12.3 Å². The van der Waals surface area contributed by atoms with E-state index in [2.05, 4.69) is 11.2 Å². The number of carbonyl (C=O) groups excluding carboxylic acids is 2. The molecule has 1 heterocycles. The molecule has 48 heavy (non-hydrogen) atoms. The van der Waals surface area contributed by atoms with E-state index < -0.39 is 70.7 Å². The molecule has 1 spiro atoms. The molecule has 5 rings (SSSR count). The Hall–Kier alpha value is -4.39. The Bertz CT molecular complexity index is 1910. The van der Waals surface area contributed by atoms with Gasteiger partial charge in [0.05, 0.1) is 41.7 Å². The van der Waals surface area contributed by atoms with Crippen molar-refractivity contribution in [3.05, 3.63) is 87.9 Å². The Morgan fingerprint density at radius 1 is 1.08 bits per heavy atom. The molecule has 3 aromatic rings. The number of sulfonamides is 1. The van der Waals surface area contributed by atoms with Crippen molar-refractivity contribution in [2.45, 2.75) is 47.9 Å². The van der Waals surface area contributed by atoms with Gasteiger partial charge in [-0.2, -0.15) is 13.2 Å². The fraction of sp³-hybridized carbons (Fsp3) is 0.312.